The van der Waals surface area contributed by atoms with Gasteiger partial charge in [0.25, 0.3) is 0 Å². The molecule has 22 heavy (non-hydrogen) atoms. The fourth-order valence-corrected chi connectivity index (χ4v) is 1.88. The molecule has 0 radical (unpaired) electrons. The maximum absolute atomic E-state index is 2.22. The molecular weight excluding hydrogens is 264 g/mol. The molecule has 2 aromatic carbocycles. The summed E-state index contributed by atoms with van der Waals surface area (Å²) in [7, 11) is 0. The van der Waals surface area contributed by atoms with E-state index in [0.29, 0.717) is 10.8 Å². The van der Waals surface area contributed by atoms with Crippen LogP contribution < -0.4 is 0 Å². The first-order chi connectivity index (χ1) is 10.2. The summed E-state index contributed by atoms with van der Waals surface area (Å²) in [5.74, 6) is 0. The van der Waals surface area contributed by atoms with E-state index in [4.69, 9.17) is 0 Å². The van der Waals surface area contributed by atoms with Crippen LogP contribution in [0.1, 0.15) is 66.5 Å². The van der Waals surface area contributed by atoms with Gasteiger partial charge in [-0.25, -0.2) is 0 Å². The van der Waals surface area contributed by atoms with Crippen molar-refractivity contribution in [2.75, 3.05) is 0 Å². The Kier molecular flexibility index (Phi) is 8.79. The zero-order valence-electron chi connectivity index (χ0n) is 15.8. The molecule has 0 spiro atoms. The normalized spacial score (nSPS) is 10.7. The first-order valence-electron chi connectivity index (χ1n) is 8.32. The fourth-order valence-electron chi connectivity index (χ4n) is 1.88. The first kappa shape index (κ1) is 20.4. The summed E-state index contributed by atoms with van der Waals surface area (Å²) in [6, 6.07) is 21.1. The fraction of sp³-hybridized carbons (Fsp3) is 0.455. The molecule has 2 rings (SSSR count). The summed E-state index contributed by atoms with van der Waals surface area (Å²) in [5, 5.41) is 0. The van der Waals surface area contributed by atoms with Crippen molar-refractivity contribution < 1.29 is 0 Å². The van der Waals surface area contributed by atoms with Crippen molar-refractivity contribution in [2.24, 2.45) is 0 Å². The molecule has 0 heteroatoms. The van der Waals surface area contributed by atoms with Crippen LogP contribution in [0.15, 0.2) is 60.7 Å². The molecule has 0 amide bonds. The van der Waals surface area contributed by atoms with Gasteiger partial charge in [-0.3, -0.25) is 0 Å². The van der Waals surface area contributed by atoms with Gasteiger partial charge in [-0.1, -0.05) is 116 Å². The third kappa shape index (κ3) is 8.02. The number of hydrogen-bond acceptors (Lipinski definition) is 0. The third-order valence-electron chi connectivity index (χ3n) is 3.28. The molecule has 0 atom stereocenters. The minimum Gasteiger partial charge on any atom is -0.0683 e. The van der Waals surface area contributed by atoms with E-state index < -0.39 is 0 Å². The smallest absolute Gasteiger partial charge is 0.0132 e. The summed E-state index contributed by atoms with van der Waals surface area (Å²) in [5.41, 5.74) is 3.38. The summed E-state index contributed by atoms with van der Waals surface area (Å²) >= 11 is 0. The van der Waals surface area contributed by atoms with Gasteiger partial charge in [0, 0.05) is 0 Å². The summed E-state index contributed by atoms with van der Waals surface area (Å²) in [6.45, 7) is 17.3. The van der Waals surface area contributed by atoms with Crippen molar-refractivity contribution in [3.63, 3.8) is 0 Å². The highest BCUT2D eigenvalue weighted by Crippen LogP contribution is 2.21. The number of benzene rings is 2. The van der Waals surface area contributed by atoms with Gasteiger partial charge in [0.2, 0.25) is 0 Å². The zero-order valence-corrected chi connectivity index (χ0v) is 15.8. The average molecular weight is 299 g/mol. The standard InChI is InChI=1S/2C10H14.C2H6/c2*1-10(2,3)9-7-5-4-6-8-9;1-2/h2*4-8H,1-3H3;1-2H3. The van der Waals surface area contributed by atoms with Gasteiger partial charge < -0.3 is 0 Å². The lowest BCUT2D eigenvalue weighted by Crippen LogP contribution is -2.10. The highest BCUT2D eigenvalue weighted by atomic mass is 14.2. The highest BCUT2D eigenvalue weighted by molar-refractivity contribution is 5.22. The predicted molar refractivity (Wildman–Crippen MR) is 102 cm³/mol. The van der Waals surface area contributed by atoms with E-state index in [2.05, 4.69) is 102 Å². The van der Waals surface area contributed by atoms with Crippen molar-refractivity contribution in [2.45, 2.75) is 66.2 Å². The van der Waals surface area contributed by atoms with Crippen molar-refractivity contribution in [3.8, 4) is 0 Å². The second-order valence-corrected chi connectivity index (χ2v) is 7.23. The summed E-state index contributed by atoms with van der Waals surface area (Å²) in [6.07, 6.45) is 0. The van der Waals surface area contributed by atoms with Crippen LogP contribution in [0.2, 0.25) is 0 Å². The lowest BCUT2D eigenvalue weighted by molar-refractivity contribution is 0.590. The van der Waals surface area contributed by atoms with Gasteiger partial charge in [0.1, 0.15) is 0 Å². The molecule has 122 valence electrons. The quantitative estimate of drug-likeness (QED) is 0.491. The maximum Gasteiger partial charge on any atom is -0.0132 e. The van der Waals surface area contributed by atoms with E-state index in [9.17, 15) is 0 Å². The van der Waals surface area contributed by atoms with Gasteiger partial charge in [-0.2, -0.15) is 0 Å². The number of hydrogen-bond donors (Lipinski definition) is 0. The predicted octanol–water partition coefficient (Wildman–Crippen LogP) is 6.99. The molecule has 0 unspecified atom stereocenters. The SMILES string of the molecule is CC.CC(C)(C)c1ccccc1.CC(C)(C)c1ccccc1. The topological polar surface area (TPSA) is 0 Å². The monoisotopic (exact) mass is 298 g/mol. The molecule has 0 saturated heterocycles. The molecule has 0 fully saturated rings. The van der Waals surface area contributed by atoms with E-state index in [1.54, 1.807) is 0 Å². The van der Waals surface area contributed by atoms with Gasteiger partial charge in [0.15, 0.2) is 0 Å². The van der Waals surface area contributed by atoms with Gasteiger partial charge in [-0.15, -0.1) is 0 Å². The van der Waals surface area contributed by atoms with Crippen LogP contribution in [-0.4, -0.2) is 0 Å². The molecule has 0 aliphatic carbocycles. The minimum absolute atomic E-state index is 0.293. The van der Waals surface area contributed by atoms with E-state index in [-0.39, 0.29) is 0 Å². The maximum atomic E-state index is 2.22. The molecular formula is C22H34. The van der Waals surface area contributed by atoms with E-state index >= 15 is 0 Å². The van der Waals surface area contributed by atoms with Crippen LogP contribution in [0.3, 0.4) is 0 Å². The minimum atomic E-state index is 0.293. The van der Waals surface area contributed by atoms with Crippen LogP contribution in [-0.2, 0) is 10.8 Å². The first-order valence-corrected chi connectivity index (χ1v) is 8.32. The third-order valence-corrected chi connectivity index (χ3v) is 3.28. The van der Waals surface area contributed by atoms with Crippen molar-refractivity contribution in [3.05, 3.63) is 71.8 Å². The lowest BCUT2D eigenvalue weighted by Gasteiger charge is -2.18. The molecule has 0 aromatic heterocycles. The molecule has 0 aliphatic rings. The van der Waals surface area contributed by atoms with Crippen LogP contribution in [0.5, 0.6) is 0 Å². The number of rotatable bonds is 0. The van der Waals surface area contributed by atoms with Crippen LogP contribution >= 0.6 is 0 Å². The molecule has 0 aliphatic heterocycles. The van der Waals surface area contributed by atoms with Crippen molar-refractivity contribution in [1.82, 2.24) is 0 Å². The van der Waals surface area contributed by atoms with Crippen molar-refractivity contribution >= 4 is 0 Å². The van der Waals surface area contributed by atoms with Gasteiger partial charge in [0.05, 0.1) is 0 Å². The Morgan fingerprint density at radius 3 is 0.818 bits per heavy atom. The lowest BCUT2D eigenvalue weighted by atomic mass is 9.87. The van der Waals surface area contributed by atoms with Crippen molar-refractivity contribution in [1.29, 1.82) is 0 Å². The Balaban J connectivity index is 0.000000360. The molecule has 0 nitrogen and oxygen atoms in total. The largest absolute Gasteiger partial charge is 0.0683 e. The Labute approximate surface area is 138 Å². The second-order valence-electron chi connectivity index (χ2n) is 7.23. The van der Waals surface area contributed by atoms with E-state index in [1.807, 2.05) is 13.8 Å². The van der Waals surface area contributed by atoms with Gasteiger partial charge >= 0.3 is 0 Å². The Morgan fingerprint density at radius 1 is 0.455 bits per heavy atom. The molecule has 0 bridgehead atoms. The summed E-state index contributed by atoms with van der Waals surface area (Å²) < 4.78 is 0. The van der Waals surface area contributed by atoms with Crippen LogP contribution in [0.25, 0.3) is 0 Å². The van der Waals surface area contributed by atoms with Gasteiger partial charge in [-0.05, 0) is 22.0 Å². The van der Waals surface area contributed by atoms with E-state index in [0.717, 1.165) is 0 Å². The molecule has 0 heterocycles. The van der Waals surface area contributed by atoms with E-state index in [1.165, 1.54) is 11.1 Å². The summed E-state index contributed by atoms with van der Waals surface area (Å²) in [4.78, 5) is 0. The molecule has 0 N–H and O–H groups in total. The molecule has 0 saturated carbocycles. The Bertz CT molecular complexity index is 432. The Hall–Kier alpha value is -1.56. The Morgan fingerprint density at radius 2 is 0.682 bits per heavy atom. The van der Waals surface area contributed by atoms with Crippen LogP contribution in [0.4, 0.5) is 0 Å². The zero-order chi connectivity index (χ0) is 17.2. The van der Waals surface area contributed by atoms with Crippen LogP contribution in [0, 0.1) is 0 Å². The molecule has 2 aromatic rings. The highest BCUT2D eigenvalue weighted by Gasteiger charge is 2.11. The average Bonchev–Trinajstić information content (AvgIpc) is 2.50. The second kappa shape index (κ2) is 9.46.